The lowest BCUT2D eigenvalue weighted by Crippen LogP contribution is -3.17. The maximum Gasteiger partial charge on any atom is 0.293 e. The number of nitrogens with one attached hydrogen (secondary N) is 1. The molecule has 7 heteroatoms. The summed E-state index contributed by atoms with van der Waals surface area (Å²) >= 11 is 0. The summed E-state index contributed by atoms with van der Waals surface area (Å²) in [7, 11) is 0. The van der Waals surface area contributed by atoms with Crippen LogP contribution < -0.4 is 9.80 Å². The third-order valence-corrected chi connectivity index (χ3v) is 4.88. The Hall–Kier alpha value is -2.28. The minimum Gasteiger partial charge on any atom is -0.324 e. The summed E-state index contributed by atoms with van der Waals surface area (Å²) in [6, 6.07) is 5.50. The number of rotatable bonds is 3. The van der Waals surface area contributed by atoms with E-state index in [1.807, 2.05) is 0 Å². The molecule has 2 amide bonds. The summed E-state index contributed by atoms with van der Waals surface area (Å²) in [6.45, 7) is 3.93. The zero-order valence-electron chi connectivity index (χ0n) is 13.0. The Bertz CT molecular complexity index is 652. The van der Waals surface area contributed by atoms with Gasteiger partial charge in [-0.1, -0.05) is 19.1 Å². The molecule has 2 aliphatic rings. The topological polar surface area (TPSA) is 85.0 Å². The number of imide groups is 1. The number of benzene rings is 1. The standard InChI is InChI=1S/C16H19N3O4/c1-11-6-8-17(9-7-11)14-10-15(20)18(16(14)21)12-4-2-3-5-13(12)19(22)23/h2-5,11,14H,6-10H2,1H3/p+1/t14-/m0/s1. The van der Waals surface area contributed by atoms with Crippen LogP contribution in [0.15, 0.2) is 24.3 Å². The van der Waals surface area contributed by atoms with Gasteiger partial charge in [0.05, 0.1) is 24.4 Å². The fourth-order valence-electron chi connectivity index (χ4n) is 3.49. The molecule has 2 heterocycles. The van der Waals surface area contributed by atoms with Crippen molar-refractivity contribution in [2.75, 3.05) is 18.0 Å². The number of nitro groups is 1. The van der Waals surface area contributed by atoms with E-state index in [0.29, 0.717) is 5.92 Å². The molecule has 2 fully saturated rings. The number of carbonyl (C=O) groups is 2. The summed E-state index contributed by atoms with van der Waals surface area (Å²) in [5.41, 5.74) is -0.128. The van der Waals surface area contributed by atoms with E-state index in [1.165, 1.54) is 18.2 Å². The van der Waals surface area contributed by atoms with Crippen LogP contribution in [0.3, 0.4) is 0 Å². The number of likely N-dealkylation sites (tertiary alicyclic amines) is 1. The van der Waals surface area contributed by atoms with Gasteiger partial charge in [-0.2, -0.15) is 0 Å². The average Bonchev–Trinajstić information content (AvgIpc) is 2.83. The minimum absolute atomic E-state index is 0.0831. The van der Waals surface area contributed by atoms with Gasteiger partial charge in [0, 0.05) is 6.07 Å². The molecule has 1 aromatic carbocycles. The van der Waals surface area contributed by atoms with E-state index < -0.39 is 11.0 Å². The van der Waals surface area contributed by atoms with Crippen molar-refractivity contribution in [2.45, 2.75) is 32.2 Å². The van der Waals surface area contributed by atoms with Crippen molar-refractivity contribution in [3.05, 3.63) is 34.4 Å². The summed E-state index contributed by atoms with van der Waals surface area (Å²) < 4.78 is 0. The molecule has 7 nitrogen and oxygen atoms in total. The minimum atomic E-state index is -0.557. The summed E-state index contributed by atoms with van der Waals surface area (Å²) in [4.78, 5) is 37.8. The van der Waals surface area contributed by atoms with E-state index in [-0.39, 0.29) is 29.6 Å². The average molecular weight is 318 g/mol. The van der Waals surface area contributed by atoms with Crippen LogP contribution >= 0.6 is 0 Å². The molecule has 122 valence electrons. The van der Waals surface area contributed by atoms with Crippen molar-refractivity contribution in [2.24, 2.45) is 5.92 Å². The Balaban J connectivity index is 1.86. The molecule has 0 aliphatic carbocycles. The Labute approximate surface area is 134 Å². The van der Waals surface area contributed by atoms with Crippen LogP contribution in [0.5, 0.6) is 0 Å². The molecule has 2 saturated heterocycles. The van der Waals surface area contributed by atoms with Gasteiger partial charge in [0.1, 0.15) is 5.69 Å². The van der Waals surface area contributed by atoms with E-state index in [4.69, 9.17) is 0 Å². The maximum atomic E-state index is 12.7. The number of carbonyl (C=O) groups excluding carboxylic acids is 2. The van der Waals surface area contributed by atoms with Gasteiger partial charge in [-0.05, 0) is 24.8 Å². The van der Waals surface area contributed by atoms with Gasteiger partial charge in [-0.15, -0.1) is 0 Å². The lowest BCUT2D eigenvalue weighted by Gasteiger charge is -2.30. The first-order valence-electron chi connectivity index (χ1n) is 7.94. The van der Waals surface area contributed by atoms with Crippen molar-refractivity contribution in [3.8, 4) is 0 Å². The van der Waals surface area contributed by atoms with Gasteiger partial charge in [0.15, 0.2) is 6.04 Å². The van der Waals surface area contributed by atoms with Gasteiger partial charge >= 0.3 is 0 Å². The zero-order chi connectivity index (χ0) is 16.6. The highest BCUT2D eigenvalue weighted by atomic mass is 16.6. The van der Waals surface area contributed by atoms with E-state index in [2.05, 4.69) is 6.92 Å². The summed E-state index contributed by atoms with van der Waals surface area (Å²) in [5, 5.41) is 11.2. The van der Waals surface area contributed by atoms with Crippen molar-refractivity contribution < 1.29 is 19.4 Å². The van der Waals surface area contributed by atoms with Gasteiger partial charge in [0.2, 0.25) is 5.91 Å². The van der Waals surface area contributed by atoms with Crippen molar-refractivity contribution >= 4 is 23.2 Å². The molecular formula is C16H20N3O4+. The smallest absolute Gasteiger partial charge is 0.293 e. The van der Waals surface area contributed by atoms with Gasteiger partial charge in [-0.25, -0.2) is 4.90 Å². The number of hydrogen-bond donors (Lipinski definition) is 1. The molecule has 23 heavy (non-hydrogen) atoms. The van der Waals surface area contributed by atoms with Gasteiger partial charge in [0.25, 0.3) is 11.6 Å². The molecule has 0 spiro atoms. The maximum absolute atomic E-state index is 12.7. The highest BCUT2D eigenvalue weighted by Gasteiger charge is 2.47. The van der Waals surface area contributed by atoms with Crippen LogP contribution in [0.4, 0.5) is 11.4 Å². The zero-order valence-corrected chi connectivity index (χ0v) is 13.0. The Morgan fingerprint density at radius 2 is 1.87 bits per heavy atom. The third-order valence-electron chi connectivity index (χ3n) is 4.88. The second kappa shape index (κ2) is 6.08. The first-order chi connectivity index (χ1) is 11.0. The monoisotopic (exact) mass is 318 g/mol. The van der Waals surface area contributed by atoms with Crippen LogP contribution in [-0.4, -0.2) is 35.9 Å². The molecule has 1 aromatic rings. The summed E-state index contributed by atoms with van der Waals surface area (Å²) in [6.07, 6.45) is 2.21. The van der Waals surface area contributed by atoms with Crippen LogP contribution in [-0.2, 0) is 9.59 Å². The molecule has 0 saturated carbocycles. The highest BCUT2D eigenvalue weighted by Crippen LogP contribution is 2.31. The number of para-hydroxylation sites is 2. The van der Waals surface area contributed by atoms with Gasteiger partial charge < -0.3 is 4.90 Å². The third kappa shape index (κ3) is 2.84. The molecule has 1 atom stereocenters. The van der Waals surface area contributed by atoms with E-state index in [9.17, 15) is 19.7 Å². The fourth-order valence-corrected chi connectivity index (χ4v) is 3.49. The van der Waals surface area contributed by atoms with Crippen LogP contribution in [0.1, 0.15) is 26.2 Å². The number of nitrogens with zero attached hydrogens (tertiary/aromatic N) is 2. The van der Waals surface area contributed by atoms with Crippen molar-refractivity contribution in [1.82, 2.24) is 0 Å². The Morgan fingerprint density at radius 3 is 2.52 bits per heavy atom. The Kier molecular flexibility index (Phi) is 4.12. The second-order valence-electron chi connectivity index (χ2n) is 6.41. The van der Waals surface area contributed by atoms with E-state index in [1.54, 1.807) is 6.07 Å². The van der Waals surface area contributed by atoms with E-state index >= 15 is 0 Å². The number of amides is 2. The SMILES string of the molecule is CC1CC[NH+]([C@H]2CC(=O)N(c3ccccc3[N+](=O)[O-])C2=O)CC1. The van der Waals surface area contributed by atoms with Crippen molar-refractivity contribution in [1.29, 1.82) is 0 Å². The largest absolute Gasteiger partial charge is 0.324 e. The van der Waals surface area contributed by atoms with Crippen molar-refractivity contribution in [3.63, 3.8) is 0 Å². The molecule has 2 aliphatic heterocycles. The first-order valence-corrected chi connectivity index (χ1v) is 7.94. The Morgan fingerprint density at radius 1 is 1.22 bits per heavy atom. The molecule has 0 bridgehead atoms. The lowest BCUT2D eigenvalue weighted by molar-refractivity contribution is -0.920. The highest BCUT2D eigenvalue weighted by molar-refractivity contribution is 6.22. The molecule has 0 aromatic heterocycles. The van der Waals surface area contributed by atoms with E-state index in [0.717, 1.165) is 35.7 Å². The molecule has 1 N–H and O–H groups in total. The normalized spacial score (nSPS) is 28.2. The predicted molar refractivity (Wildman–Crippen MR) is 83.1 cm³/mol. The van der Waals surface area contributed by atoms with Crippen LogP contribution in [0, 0.1) is 16.0 Å². The molecule has 3 rings (SSSR count). The second-order valence-corrected chi connectivity index (χ2v) is 6.41. The number of hydrogen-bond acceptors (Lipinski definition) is 4. The van der Waals surface area contributed by atoms with Crippen LogP contribution in [0.2, 0.25) is 0 Å². The summed E-state index contributed by atoms with van der Waals surface area (Å²) in [5.74, 6) is -0.00783. The number of quaternary nitrogens is 1. The quantitative estimate of drug-likeness (QED) is 0.501. The number of anilines is 1. The number of piperidine rings is 1. The molecule has 0 unspecified atom stereocenters. The molecule has 0 radical (unpaired) electrons. The first kappa shape index (κ1) is 15.6. The predicted octanol–water partition coefficient (Wildman–Crippen LogP) is 0.542. The number of nitro benzene ring substituents is 1. The fraction of sp³-hybridized carbons (Fsp3) is 0.500. The lowest BCUT2D eigenvalue weighted by atomic mass is 9.97. The van der Waals surface area contributed by atoms with Gasteiger partial charge in [-0.3, -0.25) is 19.7 Å². The molecular weight excluding hydrogens is 298 g/mol. The van der Waals surface area contributed by atoms with Crippen LogP contribution in [0.25, 0.3) is 0 Å².